The average molecular weight is 383 g/mol. The first-order valence-electron chi connectivity index (χ1n) is 9.52. The maximum Gasteiger partial charge on any atom is 0.263 e. The highest BCUT2D eigenvalue weighted by Crippen LogP contribution is 2.30. The fourth-order valence-corrected chi connectivity index (χ4v) is 3.66. The Morgan fingerprint density at radius 3 is 3.04 bits per heavy atom. The number of carbonyl (C=O) groups excluding carboxylic acids is 1. The van der Waals surface area contributed by atoms with Crippen LogP contribution in [0.25, 0.3) is 11.1 Å². The fourth-order valence-electron chi connectivity index (χ4n) is 3.66. The third-order valence-corrected chi connectivity index (χ3v) is 5.16. The van der Waals surface area contributed by atoms with Crippen molar-refractivity contribution in [3.63, 3.8) is 0 Å². The highest BCUT2D eigenvalue weighted by molar-refractivity contribution is 5.88. The molecule has 1 atom stereocenters. The van der Waals surface area contributed by atoms with Crippen LogP contribution < -0.4 is 10.2 Å². The van der Waals surface area contributed by atoms with Crippen LogP contribution >= 0.6 is 0 Å². The van der Waals surface area contributed by atoms with E-state index in [0.29, 0.717) is 24.2 Å². The molecule has 4 rings (SSSR count). The maximum atomic E-state index is 13.8. The second-order valence-electron chi connectivity index (χ2n) is 6.95. The molecule has 0 radical (unpaired) electrons. The number of fused-ring (bicyclic) bond motifs is 1. The molecular weight excluding hydrogens is 361 g/mol. The van der Waals surface area contributed by atoms with Gasteiger partial charge in [-0.1, -0.05) is 30.3 Å². The van der Waals surface area contributed by atoms with Gasteiger partial charge in [0, 0.05) is 25.2 Å². The summed E-state index contributed by atoms with van der Waals surface area (Å²) in [6, 6.07) is 6.47. The Kier molecular flexibility index (Phi) is 5.18. The third-order valence-electron chi connectivity index (χ3n) is 5.16. The monoisotopic (exact) mass is 383 g/mol. The molecule has 1 aliphatic rings. The Morgan fingerprint density at radius 2 is 2.21 bits per heavy atom. The summed E-state index contributed by atoms with van der Waals surface area (Å²) in [5.41, 5.74) is 1.77. The summed E-state index contributed by atoms with van der Waals surface area (Å²) in [7, 11) is 0. The quantitative estimate of drug-likeness (QED) is 0.729. The molecule has 7 nitrogen and oxygen atoms in total. The Hall–Kier alpha value is -3.03. The van der Waals surface area contributed by atoms with E-state index in [-0.39, 0.29) is 24.2 Å². The summed E-state index contributed by atoms with van der Waals surface area (Å²) in [4.78, 5) is 23.4. The van der Waals surface area contributed by atoms with Crippen molar-refractivity contribution in [2.24, 2.45) is 5.92 Å². The number of nitrogens with zero attached hydrogens (tertiary/aromatic N) is 4. The molecule has 0 saturated carbocycles. The summed E-state index contributed by atoms with van der Waals surface area (Å²) in [5, 5.41) is 7.76. The molecule has 1 fully saturated rings. The van der Waals surface area contributed by atoms with Gasteiger partial charge >= 0.3 is 0 Å². The zero-order valence-electron chi connectivity index (χ0n) is 15.7. The molecule has 1 N–H and O–H groups in total. The number of hydrogen-bond acceptors (Lipinski definition) is 6. The predicted molar refractivity (Wildman–Crippen MR) is 102 cm³/mol. The molecule has 28 heavy (non-hydrogen) atoms. The van der Waals surface area contributed by atoms with E-state index in [1.165, 1.54) is 12.4 Å². The summed E-state index contributed by atoms with van der Waals surface area (Å²) in [5.74, 6) is 0.195. The van der Waals surface area contributed by atoms with Crippen molar-refractivity contribution in [2.45, 2.75) is 32.7 Å². The van der Waals surface area contributed by atoms with Crippen LogP contribution in [0.4, 0.5) is 10.2 Å². The second kappa shape index (κ2) is 7.92. The van der Waals surface area contributed by atoms with E-state index in [4.69, 9.17) is 4.52 Å². The van der Waals surface area contributed by atoms with Crippen LogP contribution in [-0.4, -0.2) is 34.1 Å². The largest absolute Gasteiger partial charge is 0.355 e. The van der Waals surface area contributed by atoms with Crippen molar-refractivity contribution in [2.75, 3.05) is 18.0 Å². The number of rotatable bonds is 5. The van der Waals surface area contributed by atoms with Gasteiger partial charge in [-0.25, -0.2) is 9.37 Å². The zero-order chi connectivity index (χ0) is 19.5. The standard InChI is InChI=1S/C20H22FN5O2/c1-2-16-17-18(23-12-24-20(17)28-25-16)26-9-5-7-14(11-26)19(27)22-10-13-6-3-4-8-15(13)21/h3-4,6,8,12,14H,2,5,7,9-11H2,1H3,(H,22,27)/t14-/m0/s1. The van der Waals surface area contributed by atoms with E-state index >= 15 is 0 Å². The first-order valence-corrected chi connectivity index (χ1v) is 9.52. The number of nitrogens with one attached hydrogen (secondary N) is 1. The fraction of sp³-hybridized carbons (Fsp3) is 0.400. The SMILES string of the molecule is CCc1noc2ncnc(N3CCC[C@H](C(=O)NCc4ccccc4F)C3)c12. The van der Waals surface area contributed by atoms with Crippen LogP contribution in [0.1, 0.15) is 31.0 Å². The van der Waals surface area contributed by atoms with Crippen LogP contribution in [0.2, 0.25) is 0 Å². The van der Waals surface area contributed by atoms with Crippen LogP contribution in [0.5, 0.6) is 0 Å². The predicted octanol–water partition coefficient (Wildman–Crippen LogP) is 2.85. The van der Waals surface area contributed by atoms with E-state index < -0.39 is 0 Å². The molecule has 1 aliphatic heterocycles. The van der Waals surface area contributed by atoms with Gasteiger partial charge in [-0.15, -0.1) is 0 Å². The summed E-state index contributed by atoms with van der Waals surface area (Å²) in [6.07, 6.45) is 3.84. The molecule has 3 aromatic rings. The van der Waals surface area contributed by atoms with Crippen LogP contribution in [0.15, 0.2) is 35.1 Å². The third kappa shape index (κ3) is 3.54. The molecule has 0 spiro atoms. The maximum absolute atomic E-state index is 13.8. The van der Waals surface area contributed by atoms with Crippen molar-refractivity contribution >= 4 is 22.8 Å². The lowest BCUT2D eigenvalue weighted by Gasteiger charge is -2.33. The van der Waals surface area contributed by atoms with Crippen molar-refractivity contribution in [1.29, 1.82) is 0 Å². The van der Waals surface area contributed by atoms with Gasteiger partial charge < -0.3 is 14.7 Å². The number of hydrogen-bond donors (Lipinski definition) is 1. The highest BCUT2D eigenvalue weighted by Gasteiger charge is 2.28. The molecule has 1 saturated heterocycles. The lowest BCUT2D eigenvalue weighted by molar-refractivity contribution is -0.125. The van der Waals surface area contributed by atoms with Crippen LogP contribution in [0, 0.1) is 11.7 Å². The number of benzene rings is 1. The Balaban J connectivity index is 1.48. The van der Waals surface area contributed by atoms with Gasteiger partial charge in [0.05, 0.1) is 11.6 Å². The lowest BCUT2D eigenvalue weighted by Crippen LogP contribution is -2.43. The number of halogens is 1. The van der Waals surface area contributed by atoms with E-state index in [1.54, 1.807) is 18.2 Å². The number of amides is 1. The molecule has 146 valence electrons. The molecule has 0 unspecified atom stereocenters. The van der Waals surface area contributed by atoms with Gasteiger partial charge in [0.15, 0.2) is 0 Å². The summed E-state index contributed by atoms with van der Waals surface area (Å²) in [6.45, 7) is 3.54. The van der Waals surface area contributed by atoms with Crippen LogP contribution in [0.3, 0.4) is 0 Å². The molecule has 8 heteroatoms. The molecule has 1 amide bonds. The van der Waals surface area contributed by atoms with Crippen molar-refractivity contribution in [1.82, 2.24) is 20.4 Å². The highest BCUT2D eigenvalue weighted by atomic mass is 19.1. The molecule has 1 aromatic carbocycles. The number of carbonyl (C=O) groups is 1. The lowest BCUT2D eigenvalue weighted by atomic mass is 9.96. The average Bonchev–Trinajstić information content (AvgIpc) is 3.16. The summed E-state index contributed by atoms with van der Waals surface area (Å²) >= 11 is 0. The minimum Gasteiger partial charge on any atom is -0.355 e. The number of aromatic nitrogens is 3. The number of aryl methyl sites for hydroxylation is 1. The molecule has 2 aromatic heterocycles. The van der Waals surface area contributed by atoms with Crippen molar-refractivity contribution < 1.29 is 13.7 Å². The Morgan fingerprint density at radius 1 is 1.36 bits per heavy atom. The van der Waals surface area contributed by atoms with E-state index in [1.807, 2.05) is 6.92 Å². The Bertz CT molecular complexity index is 990. The second-order valence-corrected chi connectivity index (χ2v) is 6.95. The number of anilines is 1. The smallest absolute Gasteiger partial charge is 0.263 e. The normalized spacial score (nSPS) is 17.1. The molecule has 0 aliphatic carbocycles. The Labute approximate surface area is 161 Å². The molecule has 0 bridgehead atoms. The molecule has 3 heterocycles. The van der Waals surface area contributed by atoms with Gasteiger partial charge in [0.1, 0.15) is 23.3 Å². The number of piperidine rings is 1. The topological polar surface area (TPSA) is 84.2 Å². The zero-order valence-corrected chi connectivity index (χ0v) is 15.7. The van der Waals surface area contributed by atoms with E-state index in [9.17, 15) is 9.18 Å². The van der Waals surface area contributed by atoms with Gasteiger partial charge in [0.25, 0.3) is 5.71 Å². The molecular formula is C20H22FN5O2. The van der Waals surface area contributed by atoms with E-state index in [2.05, 4.69) is 25.3 Å². The van der Waals surface area contributed by atoms with Gasteiger partial charge in [0.2, 0.25) is 5.91 Å². The van der Waals surface area contributed by atoms with Crippen molar-refractivity contribution in [3.8, 4) is 0 Å². The minimum atomic E-state index is -0.309. The minimum absolute atomic E-state index is 0.0701. The first kappa shape index (κ1) is 18.3. The van der Waals surface area contributed by atoms with E-state index in [0.717, 1.165) is 36.3 Å². The van der Waals surface area contributed by atoms with Crippen LogP contribution in [-0.2, 0) is 17.8 Å². The summed E-state index contributed by atoms with van der Waals surface area (Å²) < 4.78 is 19.1. The van der Waals surface area contributed by atoms with Gasteiger partial charge in [-0.3, -0.25) is 4.79 Å². The van der Waals surface area contributed by atoms with Gasteiger partial charge in [-0.2, -0.15) is 4.98 Å². The first-order chi connectivity index (χ1) is 13.7. The van der Waals surface area contributed by atoms with Crippen molar-refractivity contribution in [3.05, 3.63) is 47.7 Å². The van der Waals surface area contributed by atoms with Gasteiger partial charge in [-0.05, 0) is 25.3 Å².